The molecule has 0 bridgehead atoms. The average molecular weight is 322 g/mol. The van der Waals surface area contributed by atoms with Gasteiger partial charge in [0.1, 0.15) is 17.5 Å². The summed E-state index contributed by atoms with van der Waals surface area (Å²) >= 11 is 0. The molecule has 1 heterocycles. The van der Waals surface area contributed by atoms with Crippen LogP contribution in [0.4, 0.5) is 13.2 Å². The van der Waals surface area contributed by atoms with Crippen molar-refractivity contribution in [2.75, 3.05) is 13.1 Å². The van der Waals surface area contributed by atoms with E-state index in [1.165, 1.54) is 0 Å². The molecule has 21 heavy (non-hydrogen) atoms. The summed E-state index contributed by atoms with van der Waals surface area (Å²) in [5.74, 6) is -3.79. The van der Waals surface area contributed by atoms with Crippen LogP contribution < -0.4 is 10.0 Å². The molecule has 1 aromatic carbocycles. The van der Waals surface area contributed by atoms with E-state index in [0.717, 1.165) is 19.4 Å². The molecule has 1 fully saturated rings. The number of hydrogen-bond donors (Lipinski definition) is 2. The molecule has 0 spiro atoms. The molecule has 0 radical (unpaired) electrons. The second kappa shape index (κ2) is 6.33. The molecule has 118 valence electrons. The van der Waals surface area contributed by atoms with E-state index in [-0.39, 0.29) is 18.5 Å². The fraction of sp³-hybridized carbons (Fsp3) is 0.538. The summed E-state index contributed by atoms with van der Waals surface area (Å²) in [6.45, 7) is 2.78. The normalized spacial score (nSPS) is 23.2. The van der Waals surface area contributed by atoms with Crippen molar-refractivity contribution in [3.8, 4) is 0 Å². The largest absolute Gasteiger partial charge is 0.312 e. The molecule has 2 N–H and O–H groups in total. The highest BCUT2D eigenvalue weighted by Gasteiger charge is 2.27. The first-order valence-corrected chi connectivity index (χ1v) is 8.17. The lowest BCUT2D eigenvalue weighted by atomic mass is 9.93. The number of sulfonamides is 1. The Morgan fingerprint density at radius 3 is 2.48 bits per heavy atom. The van der Waals surface area contributed by atoms with Gasteiger partial charge in [-0.2, -0.15) is 0 Å². The summed E-state index contributed by atoms with van der Waals surface area (Å²) in [5, 5.41) is 3.16. The lowest BCUT2D eigenvalue weighted by molar-refractivity contribution is 0.300. The molecule has 2 rings (SSSR count). The summed E-state index contributed by atoms with van der Waals surface area (Å²) in [6.07, 6.45) is 1.96. The Labute approximate surface area is 121 Å². The van der Waals surface area contributed by atoms with Gasteiger partial charge < -0.3 is 5.32 Å². The van der Waals surface area contributed by atoms with Gasteiger partial charge in [-0.25, -0.2) is 26.3 Å². The average Bonchev–Trinajstić information content (AvgIpc) is 2.36. The predicted molar refractivity (Wildman–Crippen MR) is 71.7 cm³/mol. The van der Waals surface area contributed by atoms with Gasteiger partial charge in [0.25, 0.3) is 0 Å². The summed E-state index contributed by atoms with van der Waals surface area (Å²) in [5.41, 5.74) is 0. The van der Waals surface area contributed by atoms with Gasteiger partial charge >= 0.3 is 0 Å². The van der Waals surface area contributed by atoms with Crippen LogP contribution in [-0.2, 0) is 10.0 Å². The first-order chi connectivity index (χ1) is 9.81. The molecule has 0 aromatic heterocycles. The third-order valence-corrected chi connectivity index (χ3v) is 5.13. The minimum absolute atomic E-state index is 0.0275. The maximum absolute atomic E-state index is 13.5. The smallest absolute Gasteiger partial charge is 0.246 e. The molecule has 1 aromatic rings. The molecule has 0 amide bonds. The van der Waals surface area contributed by atoms with E-state index in [1.54, 1.807) is 0 Å². The van der Waals surface area contributed by atoms with Crippen LogP contribution in [0.5, 0.6) is 0 Å². The van der Waals surface area contributed by atoms with Crippen LogP contribution >= 0.6 is 0 Å². The van der Waals surface area contributed by atoms with Crippen LogP contribution in [0, 0.1) is 23.4 Å². The Balaban J connectivity index is 2.15. The van der Waals surface area contributed by atoms with E-state index >= 15 is 0 Å². The summed E-state index contributed by atoms with van der Waals surface area (Å²) in [4.78, 5) is -1.15. The quantitative estimate of drug-likeness (QED) is 0.888. The lowest BCUT2D eigenvalue weighted by Crippen LogP contribution is -2.47. The minimum atomic E-state index is -4.37. The lowest BCUT2D eigenvalue weighted by Gasteiger charge is -2.30. The highest BCUT2D eigenvalue weighted by atomic mass is 32.2. The van der Waals surface area contributed by atoms with Crippen LogP contribution in [-0.4, -0.2) is 27.5 Å². The molecular formula is C13H17F3N2O2S. The van der Waals surface area contributed by atoms with Crippen molar-refractivity contribution >= 4 is 10.0 Å². The van der Waals surface area contributed by atoms with E-state index in [4.69, 9.17) is 0 Å². The number of benzene rings is 1. The minimum Gasteiger partial charge on any atom is -0.312 e. The summed E-state index contributed by atoms with van der Waals surface area (Å²) in [7, 11) is -4.37. The zero-order valence-electron chi connectivity index (χ0n) is 11.5. The van der Waals surface area contributed by atoms with Crippen molar-refractivity contribution in [2.24, 2.45) is 5.92 Å². The monoisotopic (exact) mass is 322 g/mol. The second-order valence-corrected chi connectivity index (χ2v) is 6.93. The number of rotatable bonds is 4. The van der Waals surface area contributed by atoms with Gasteiger partial charge in [0.2, 0.25) is 10.0 Å². The maximum Gasteiger partial charge on any atom is 0.246 e. The van der Waals surface area contributed by atoms with Crippen molar-refractivity contribution in [1.82, 2.24) is 10.0 Å². The predicted octanol–water partition coefficient (Wildman–Crippen LogP) is 1.77. The summed E-state index contributed by atoms with van der Waals surface area (Å²) < 4.78 is 66.1. The second-order valence-electron chi connectivity index (χ2n) is 5.23. The highest BCUT2D eigenvalue weighted by Crippen LogP contribution is 2.21. The molecule has 0 aliphatic carbocycles. The Bertz CT molecular complexity index is 599. The molecule has 2 atom stereocenters. The number of piperidine rings is 1. The molecule has 1 aliphatic heterocycles. The van der Waals surface area contributed by atoms with Crippen molar-refractivity contribution in [1.29, 1.82) is 0 Å². The van der Waals surface area contributed by atoms with Gasteiger partial charge in [-0.15, -0.1) is 0 Å². The molecule has 0 saturated carbocycles. The third kappa shape index (κ3) is 3.75. The van der Waals surface area contributed by atoms with Gasteiger partial charge in [0.15, 0.2) is 4.90 Å². The summed E-state index contributed by atoms with van der Waals surface area (Å²) in [6, 6.07) is 0.596. The van der Waals surface area contributed by atoms with E-state index in [1.807, 2.05) is 6.92 Å². The van der Waals surface area contributed by atoms with Crippen LogP contribution in [0.15, 0.2) is 17.0 Å². The fourth-order valence-electron chi connectivity index (χ4n) is 2.44. The first kappa shape index (κ1) is 16.3. The van der Waals surface area contributed by atoms with E-state index < -0.39 is 32.4 Å². The van der Waals surface area contributed by atoms with Crippen molar-refractivity contribution in [2.45, 2.75) is 30.7 Å². The standard InChI is InChI=1S/C13H17F3N2O2S/c1-8-3-2-4-17-12(8)7-18-21(19,20)13-10(15)5-9(14)6-11(13)16/h5-6,8,12,17-18H,2-4,7H2,1H3. The topological polar surface area (TPSA) is 58.2 Å². The van der Waals surface area contributed by atoms with Gasteiger partial charge in [-0.05, 0) is 25.3 Å². The molecule has 8 heteroatoms. The van der Waals surface area contributed by atoms with Crippen LogP contribution in [0.25, 0.3) is 0 Å². The molecule has 1 saturated heterocycles. The van der Waals surface area contributed by atoms with Crippen LogP contribution in [0.2, 0.25) is 0 Å². The Morgan fingerprint density at radius 2 is 1.90 bits per heavy atom. The molecular weight excluding hydrogens is 305 g/mol. The molecule has 4 nitrogen and oxygen atoms in total. The Morgan fingerprint density at radius 1 is 1.29 bits per heavy atom. The SMILES string of the molecule is CC1CCCNC1CNS(=O)(=O)c1c(F)cc(F)cc1F. The number of hydrogen-bond acceptors (Lipinski definition) is 3. The first-order valence-electron chi connectivity index (χ1n) is 6.69. The van der Waals surface area contributed by atoms with E-state index in [2.05, 4.69) is 10.0 Å². The third-order valence-electron chi connectivity index (χ3n) is 3.65. The van der Waals surface area contributed by atoms with Crippen molar-refractivity contribution < 1.29 is 21.6 Å². The number of halogens is 3. The Hall–Kier alpha value is -1.12. The van der Waals surface area contributed by atoms with Gasteiger partial charge in [-0.3, -0.25) is 0 Å². The molecule has 2 unspecified atom stereocenters. The van der Waals surface area contributed by atoms with Crippen LogP contribution in [0.1, 0.15) is 19.8 Å². The van der Waals surface area contributed by atoms with E-state index in [0.29, 0.717) is 12.1 Å². The Kier molecular flexibility index (Phi) is 4.90. The fourth-order valence-corrected chi connectivity index (χ4v) is 3.62. The van der Waals surface area contributed by atoms with Gasteiger partial charge in [0, 0.05) is 24.7 Å². The van der Waals surface area contributed by atoms with E-state index in [9.17, 15) is 21.6 Å². The molecule has 1 aliphatic rings. The van der Waals surface area contributed by atoms with Crippen LogP contribution in [0.3, 0.4) is 0 Å². The maximum atomic E-state index is 13.5. The van der Waals surface area contributed by atoms with Crippen molar-refractivity contribution in [3.05, 3.63) is 29.6 Å². The van der Waals surface area contributed by atoms with Crippen molar-refractivity contribution in [3.63, 3.8) is 0 Å². The van der Waals surface area contributed by atoms with Gasteiger partial charge in [0.05, 0.1) is 0 Å². The highest BCUT2D eigenvalue weighted by molar-refractivity contribution is 7.89. The zero-order chi connectivity index (χ0) is 15.6. The van der Waals surface area contributed by atoms with Gasteiger partial charge in [-0.1, -0.05) is 6.92 Å². The zero-order valence-corrected chi connectivity index (χ0v) is 12.3. The number of nitrogens with one attached hydrogen (secondary N) is 2.